The van der Waals surface area contributed by atoms with Gasteiger partial charge in [0.2, 0.25) is 5.91 Å². The summed E-state index contributed by atoms with van der Waals surface area (Å²) in [5.74, 6) is -3.21. The van der Waals surface area contributed by atoms with Crippen LogP contribution in [0, 0.1) is 17.1 Å². The van der Waals surface area contributed by atoms with Gasteiger partial charge in [0, 0.05) is 0 Å². The van der Waals surface area contributed by atoms with Crippen molar-refractivity contribution >= 4 is 34.9 Å². The van der Waals surface area contributed by atoms with Crippen LogP contribution >= 0.6 is 11.6 Å². The molecule has 1 aliphatic heterocycles. The highest BCUT2D eigenvalue weighted by molar-refractivity contribution is 6.53. The average Bonchev–Trinajstić information content (AvgIpc) is 2.63. The van der Waals surface area contributed by atoms with Gasteiger partial charge < -0.3 is 5.32 Å². The third-order valence-corrected chi connectivity index (χ3v) is 2.97. The minimum absolute atomic E-state index is 0.00555. The quantitative estimate of drug-likeness (QED) is 0.655. The van der Waals surface area contributed by atoms with E-state index < -0.39 is 30.0 Å². The second-order valence-corrected chi connectivity index (χ2v) is 4.35. The number of anilines is 1. The predicted molar refractivity (Wildman–Crippen MR) is 66.7 cm³/mol. The summed E-state index contributed by atoms with van der Waals surface area (Å²) in [4.78, 5) is 35.8. The van der Waals surface area contributed by atoms with Gasteiger partial charge in [-0.05, 0) is 12.1 Å². The van der Waals surface area contributed by atoms with Crippen LogP contribution in [0.25, 0.3) is 0 Å². The van der Waals surface area contributed by atoms with Crippen LogP contribution in [0.15, 0.2) is 12.1 Å². The molecule has 0 radical (unpaired) electrons. The topological polar surface area (TPSA) is 90.3 Å². The van der Waals surface area contributed by atoms with Crippen molar-refractivity contribution in [1.82, 2.24) is 5.32 Å². The number of nitriles is 1. The summed E-state index contributed by atoms with van der Waals surface area (Å²) in [7, 11) is 0. The van der Waals surface area contributed by atoms with Crippen LogP contribution in [0.3, 0.4) is 0 Å². The van der Waals surface area contributed by atoms with Gasteiger partial charge in [-0.15, -0.1) is 0 Å². The Labute approximate surface area is 117 Å². The molecule has 2 amide bonds. The Kier molecular flexibility index (Phi) is 3.68. The van der Waals surface area contributed by atoms with Crippen molar-refractivity contribution in [3.05, 3.63) is 28.5 Å². The van der Waals surface area contributed by atoms with Crippen LogP contribution in [-0.2, 0) is 9.59 Å². The highest BCUT2D eigenvalue weighted by Crippen LogP contribution is 2.32. The number of halogens is 2. The Balaban J connectivity index is 2.31. The van der Waals surface area contributed by atoms with Crippen LogP contribution in [0.2, 0.25) is 5.02 Å². The SMILES string of the molecule is N#CCNC(=O)CN1C(=O)C(=O)c2cc(Cl)c(F)cc21. The molecule has 1 N–H and O–H groups in total. The van der Waals surface area contributed by atoms with Gasteiger partial charge >= 0.3 is 0 Å². The van der Waals surface area contributed by atoms with Crippen molar-refractivity contribution < 1.29 is 18.8 Å². The van der Waals surface area contributed by atoms with Gasteiger partial charge in [-0.2, -0.15) is 5.26 Å². The number of nitrogens with one attached hydrogen (secondary N) is 1. The molecule has 2 rings (SSSR count). The second kappa shape index (κ2) is 5.27. The third kappa shape index (κ3) is 2.33. The Morgan fingerprint density at radius 1 is 1.45 bits per heavy atom. The zero-order valence-electron chi connectivity index (χ0n) is 9.94. The van der Waals surface area contributed by atoms with Gasteiger partial charge in [-0.1, -0.05) is 11.6 Å². The molecule has 0 unspecified atom stereocenters. The van der Waals surface area contributed by atoms with Crippen LogP contribution < -0.4 is 10.2 Å². The molecule has 1 aromatic rings. The molecular weight excluding hydrogens is 289 g/mol. The highest BCUT2D eigenvalue weighted by Gasteiger charge is 2.37. The monoisotopic (exact) mass is 295 g/mol. The van der Waals surface area contributed by atoms with E-state index in [2.05, 4.69) is 5.32 Å². The molecule has 20 heavy (non-hydrogen) atoms. The molecule has 1 aliphatic rings. The predicted octanol–water partition coefficient (Wildman–Crippen LogP) is 0.648. The van der Waals surface area contributed by atoms with Crippen LogP contribution in [0.5, 0.6) is 0 Å². The summed E-state index contributed by atoms with van der Waals surface area (Å²) in [6.45, 7) is -0.697. The first-order valence-corrected chi connectivity index (χ1v) is 5.82. The largest absolute Gasteiger partial charge is 0.341 e. The molecular formula is C12H7ClFN3O3. The summed E-state index contributed by atoms with van der Waals surface area (Å²) < 4.78 is 13.4. The first kappa shape index (κ1) is 14.0. The van der Waals surface area contributed by atoms with Crippen LogP contribution in [0.4, 0.5) is 10.1 Å². The molecule has 0 spiro atoms. The summed E-state index contributed by atoms with van der Waals surface area (Å²) in [5, 5.41) is 10.3. The fraction of sp³-hybridized carbons (Fsp3) is 0.167. The van der Waals surface area contributed by atoms with Gasteiger partial charge in [-0.25, -0.2) is 4.39 Å². The number of carbonyl (C=O) groups is 3. The zero-order chi connectivity index (χ0) is 14.9. The number of hydrogen-bond acceptors (Lipinski definition) is 4. The van der Waals surface area contributed by atoms with Gasteiger partial charge in [-0.3, -0.25) is 19.3 Å². The molecule has 6 nitrogen and oxygen atoms in total. The Hall–Kier alpha value is -2.46. The minimum Gasteiger partial charge on any atom is -0.341 e. The number of hydrogen-bond donors (Lipinski definition) is 1. The van der Waals surface area contributed by atoms with E-state index in [1.807, 2.05) is 0 Å². The molecule has 0 saturated heterocycles. The van der Waals surface area contributed by atoms with E-state index in [9.17, 15) is 18.8 Å². The Morgan fingerprint density at radius 3 is 2.80 bits per heavy atom. The highest BCUT2D eigenvalue weighted by atomic mass is 35.5. The number of fused-ring (bicyclic) bond motifs is 1. The first-order valence-electron chi connectivity index (χ1n) is 5.44. The van der Waals surface area contributed by atoms with Crippen molar-refractivity contribution in [2.24, 2.45) is 0 Å². The third-order valence-electron chi connectivity index (χ3n) is 2.68. The number of benzene rings is 1. The molecule has 1 aromatic carbocycles. The Bertz CT molecular complexity index is 669. The number of ketones is 1. The van der Waals surface area contributed by atoms with E-state index in [1.165, 1.54) is 0 Å². The van der Waals surface area contributed by atoms with Crippen molar-refractivity contribution in [2.45, 2.75) is 0 Å². The Morgan fingerprint density at radius 2 is 2.15 bits per heavy atom. The lowest BCUT2D eigenvalue weighted by Gasteiger charge is -2.15. The van der Waals surface area contributed by atoms with E-state index in [0.717, 1.165) is 17.0 Å². The summed E-state index contributed by atoms with van der Waals surface area (Å²) in [6, 6.07) is 3.68. The minimum atomic E-state index is -0.936. The maximum Gasteiger partial charge on any atom is 0.299 e. The molecule has 0 fully saturated rings. The fourth-order valence-corrected chi connectivity index (χ4v) is 1.95. The van der Waals surface area contributed by atoms with Gasteiger partial charge in [0.1, 0.15) is 18.9 Å². The van der Waals surface area contributed by atoms with Crippen molar-refractivity contribution in [3.63, 3.8) is 0 Å². The lowest BCUT2D eigenvalue weighted by molar-refractivity contribution is -0.121. The molecule has 0 aromatic heterocycles. The van der Waals surface area contributed by atoms with E-state index in [-0.39, 0.29) is 22.8 Å². The number of nitrogens with zero attached hydrogens (tertiary/aromatic N) is 2. The van der Waals surface area contributed by atoms with Gasteiger partial charge in [0.25, 0.3) is 11.7 Å². The standard InChI is InChI=1S/C12H7ClFN3O3/c13-7-3-6-9(4-8(7)14)17(12(20)11(6)19)5-10(18)16-2-1-15/h3-4H,2,5H2,(H,16,18). The molecule has 0 saturated carbocycles. The van der Waals surface area contributed by atoms with E-state index in [4.69, 9.17) is 16.9 Å². The molecule has 0 bridgehead atoms. The smallest absolute Gasteiger partial charge is 0.299 e. The normalized spacial score (nSPS) is 13.2. The lowest BCUT2D eigenvalue weighted by Crippen LogP contribution is -2.40. The van der Waals surface area contributed by atoms with Gasteiger partial charge in [0.05, 0.1) is 22.3 Å². The van der Waals surface area contributed by atoms with Crippen LogP contribution in [-0.4, -0.2) is 30.7 Å². The van der Waals surface area contributed by atoms with Crippen molar-refractivity contribution in [1.29, 1.82) is 5.26 Å². The lowest BCUT2D eigenvalue weighted by atomic mass is 10.1. The molecule has 102 valence electrons. The first-order chi connectivity index (χ1) is 9.45. The zero-order valence-corrected chi connectivity index (χ0v) is 10.7. The molecule has 1 heterocycles. The van der Waals surface area contributed by atoms with Crippen LogP contribution in [0.1, 0.15) is 10.4 Å². The number of rotatable bonds is 3. The summed E-state index contributed by atoms with van der Waals surface area (Å²) in [6.07, 6.45) is 0. The number of carbonyl (C=O) groups excluding carboxylic acids is 3. The fourth-order valence-electron chi connectivity index (χ4n) is 1.78. The van der Waals surface area contributed by atoms with Gasteiger partial charge in [0.15, 0.2) is 0 Å². The van der Waals surface area contributed by atoms with Crippen molar-refractivity contribution in [2.75, 3.05) is 18.0 Å². The molecule has 0 aliphatic carbocycles. The van der Waals surface area contributed by atoms with E-state index in [0.29, 0.717) is 0 Å². The summed E-state index contributed by atoms with van der Waals surface area (Å²) >= 11 is 5.55. The van der Waals surface area contributed by atoms with Crippen molar-refractivity contribution in [3.8, 4) is 6.07 Å². The maximum atomic E-state index is 13.4. The van der Waals surface area contributed by atoms with E-state index in [1.54, 1.807) is 6.07 Å². The second-order valence-electron chi connectivity index (χ2n) is 3.94. The molecule has 8 heteroatoms. The van der Waals surface area contributed by atoms with E-state index >= 15 is 0 Å². The number of Topliss-reactive ketones (excluding diaryl/α,β-unsaturated/α-hetero) is 1. The average molecular weight is 296 g/mol. The maximum absolute atomic E-state index is 13.4. The number of amides is 2. The summed E-state index contributed by atoms with van der Waals surface area (Å²) in [5.41, 5.74) is -0.0523. The molecule has 0 atom stereocenters.